The van der Waals surface area contributed by atoms with E-state index in [1.54, 1.807) is 19.4 Å². The van der Waals surface area contributed by atoms with Crippen LogP contribution in [0.2, 0.25) is 0 Å². The molecule has 0 radical (unpaired) electrons. The number of amides is 1. The van der Waals surface area contributed by atoms with Gasteiger partial charge in [-0.3, -0.25) is 9.78 Å². The number of primary amides is 1. The van der Waals surface area contributed by atoms with Crippen LogP contribution in [0.1, 0.15) is 24.1 Å². The molecule has 2 aromatic heterocycles. The highest BCUT2D eigenvalue weighted by atomic mass is 16.1. The number of terminal acetylenes is 1. The second kappa shape index (κ2) is 4.20. The number of carbonyl (C=O) groups is 1. The van der Waals surface area contributed by atoms with E-state index in [1.807, 2.05) is 6.07 Å². The average molecular weight is 266 g/mol. The van der Waals surface area contributed by atoms with Crippen molar-refractivity contribution >= 4 is 22.5 Å². The highest BCUT2D eigenvalue weighted by Gasteiger charge is 2.51. The van der Waals surface area contributed by atoms with Gasteiger partial charge in [-0.05, 0) is 18.9 Å². The molecule has 1 fully saturated rings. The summed E-state index contributed by atoms with van der Waals surface area (Å²) in [4.78, 5) is 20.3. The highest BCUT2D eigenvalue weighted by molar-refractivity contribution is 5.97. The predicted octanol–water partition coefficient (Wildman–Crippen LogP) is 1.17. The summed E-state index contributed by atoms with van der Waals surface area (Å²) >= 11 is 0. The van der Waals surface area contributed by atoms with E-state index in [0.717, 1.165) is 23.6 Å². The molecular weight excluding hydrogens is 252 g/mol. The van der Waals surface area contributed by atoms with Crippen LogP contribution >= 0.6 is 0 Å². The molecule has 20 heavy (non-hydrogen) atoms. The first-order chi connectivity index (χ1) is 9.62. The van der Waals surface area contributed by atoms with Gasteiger partial charge in [0.15, 0.2) is 0 Å². The van der Waals surface area contributed by atoms with Crippen LogP contribution in [-0.2, 0) is 10.2 Å². The molecule has 1 aliphatic rings. The summed E-state index contributed by atoms with van der Waals surface area (Å²) in [6.45, 7) is 0. The van der Waals surface area contributed by atoms with Gasteiger partial charge in [-0.2, -0.15) is 0 Å². The molecule has 100 valence electrons. The third-order valence-corrected chi connectivity index (χ3v) is 3.88. The van der Waals surface area contributed by atoms with Crippen molar-refractivity contribution in [2.24, 2.45) is 5.73 Å². The first kappa shape index (κ1) is 12.4. The number of hydrogen-bond donors (Lipinski definition) is 2. The van der Waals surface area contributed by atoms with Crippen molar-refractivity contribution < 1.29 is 4.79 Å². The number of nitrogens with two attached hydrogens (primary N) is 1. The molecule has 0 unspecified atom stereocenters. The van der Waals surface area contributed by atoms with Gasteiger partial charge in [0.1, 0.15) is 5.82 Å². The third kappa shape index (κ3) is 1.62. The molecule has 2 heterocycles. The van der Waals surface area contributed by atoms with Gasteiger partial charge >= 0.3 is 0 Å². The van der Waals surface area contributed by atoms with Crippen LogP contribution in [0.3, 0.4) is 0 Å². The van der Waals surface area contributed by atoms with Crippen molar-refractivity contribution in [1.82, 2.24) is 9.97 Å². The van der Waals surface area contributed by atoms with Crippen molar-refractivity contribution in [2.45, 2.75) is 18.3 Å². The Morgan fingerprint density at radius 3 is 2.70 bits per heavy atom. The minimum absolute atomic E-state index is 0.325. The fraction of sp³-hybridized carbons (Fsp3) is 0.267. The Labute approximate surface area is 116 Å². The fourth-order valence-electron chi connectivity index (χ4n) is 2.46. The molecule has 2 aromatic rings. The number of anilines is 1. The van der Waals surface area contributed by atoms with E-state index in [4.69, 9.17) is 12.2 Å². The van der Waals surface area contributed by atoms with Crippen molar-refractivity contribution in [3.05, 3.63) is 29.7 Å². The summed E-state index contributed by atoms with van der Waals surface area (Å²) in [5.41, 5.74) is 6.26. The van der Waals surface area contributed by atoms with Crippen molar-refractivity contribution in [3.63, 3.8) is 0 Å². The maximum absolute atomic E-state index is 11.6. The van der Waals surface area contributed by atoms with Gasteiger partial charge in [0.25, 0.3) is 0 Å². The smallest absolute Gasteiger partial charge is 0.229 e. The number of fused-ring (bicyclic) bond motifs is 1. The SMILES string of the molecule is C#Cc1cnc(NC)c2cnc(C3(C(N)=O)CC3)cc12. The van der Waals surface area contributed by atoms with Gasteiger partial charge in [0.05, 0.1) is 16.7 Å². The van der Waals surface area contributed by atoms with Gasteiger partial charge in [0, 0.05) is 30.2 Å². The van der Waals surface area contributed by atoms with Crippen molar-refractivity contribution in [3.8, 4) is 12.3 Å². The normalized spacial score (nSPS) is 15.6. The van der Waals surface area contributed by atoms with Crippen LogP contribution in [0, 0.1) is 12.3 Å². The molecule has 0 atom stereocenters. The van der Waals surface area contributed by atoms with E-state index in [0.29, 0.717) is 17.1 Å². The number of nitrogens with zero attached hydrogens (tertiary/aromatic N) is 2. The van der Waals surface area contributed by atoms with Gasteiger partial charge in [-0.15, -0.1) is 6.42 Å². The number of pyridine rings is 2. The summed E-state index contributed by atoms with van der Waals surface area (Å²) in [5, 5.41) is 4.71. The molecule has 3 rings (SSSR count). The van der Waals surface area contributed by atoms with Crippen LogP contribution < -0.4 is 11.1 Å². The summed E-state index contributed by atoms with van der Waals surface area (Å²) in [5.74, 6) is 3.00. The summed E-state index contributed by atoms with van der Waals surface area (Å²) < 4.78 is 0. The molecule has 1 amide bonds. The molecule has 0 aliphatic heterocycles. The molecule has 1 saturated carbocycles. The van der Waals surface area contributed by atoms with E-state index in [1.165, 1.54) is 0 Å². The lowest BCUT2D eigenvalue weighted by atomic mass is 9.98. The van der Waals surface area contributed by atoms with Gasteiger partial charge in [-0.1, -0.05) is 5.92 Å². The molecule has 0 saturated heterocycles. The fourth-order valence-corrected chi connectivity index (χ4v) is 2.46. The summed E-state index contributed by atoms with van der Waals surface area (Å²) in [7, 11) is 1.79. The molecule has 5 heteroatoms. The van der Waals surface area contributed by atoms with Crippen LogP contribution in [0.5, 0.6) is 0 Å². The second-order valence-corrected chi connectivity index (χ2v) is 4.98. The number of rotatable bonds is 3. The largest absolute Gasteiger partial charge is 0.373 e. The number of nitrogens with one attached hydrogen (secondary N) is 1. The monoisotopic (exact) mass is 266 g/mol. The zero-order valence-corrected chi connectivity index (χ0v) is 11.1. The molecule has 0 bridgehead atoms. The van der Waals surface area contributed by atoms with E-state index < -0.39 is 5.41 Å². The van der Waals surface area contributed by atoms with Gasteiger partial charge in [0.2, 0.25) is 5.91 Å². The lowest BCUT2D eigenvalue weighted by Crippen LogP contribution is -2.29. The van der Waals surface area contributed by atoms with Crippen molar-refractivity contribution in [1.29, 1.82) is 0 Å². The van der Waals surface area contributed by atoms with E-state index >= 15 is 0 Å². The minimum atomic E-state index is -0.608. The van der Waals surface area contributed by atoms with E-state index in [2.05, 4.69) is 21.2 Å². The zero-order chi connectivity index (χ0) is 14.3. The topological polar surface area (TPSA) is 80.9 Å². The zero-order valence-electron chi connectivity index (χ0n) is 11.1. The average Bonchev–Trinajstić information content (AvgIpc) is 3.27. The summed E-state index contributed by atoms with van der Waals surface area (Å²) in [6.07, 6.45) is 10.4. The Balaban J connectivity index is 2.26. The van der Waals surface area contributed by atoms with Gasteiger partial charge < -0.3 is 11.1 Å². The number of hydrogen-bond acceptors (Lipinski definition) is 4. The van der Waals surface area contributed by atoms with Crippen molar-refractivity contribution in [2.75, 3.05) is 12.4 Å². The maximum atomic E-state index is 11.6. The predicted molar refractivity (Wildman–Crippen MR) is 77.1 cm³/mol. The molecule has 3 N–H and O–H groups in total. The Morgan fingerprint density at radius 1 is 1.40 bits per heavy atom. The lowest BCUT2D eigenvalue weighted by Gasteiger charge is -2.13. The standard InChI is InChI=1S/C15H14N4O/c1-3-9-7-19-13(17-2)11-8-18-12(6-10(9)11)15(4-5-15)14(16)20/h1,6-8H,4-5H2,2H3,(H2,16,20)(H,17,19). The van der Waals surface area contributed by atoms with Crippen LogP contribution in [0.25, 0.3) is 10.8 Å². The minimum Gasteiger partial charge on any atom is -0.373 e. The van der Waals surface area contributed by atoms with Crippen LogP contribution in [0.15, 0.2) is 18.5 Å². The Hall–Kier alpha value is -2.61. The quantitative estimate of drug-likeness (QED) is 0.817. The molecule has 5 nitrogen and oxygen atoms in total. The Bertz CT molecular complexity index is 756. The van der Waals surface area contributed by atoms with E-state index in [-0.39, 0.29) is 5.91 Å². The molecular formula is C15H14N4O. The first-order valence-electron chi connectivity index (χ1n) is 6.36. The lowest BCUT2D eigenvalue weighted by molar-refractivity contribution is -0.120. The Morgan fingerprint density at radius 2 is 2.15 bits per heavy atom. The first-order valence-corrected chi connectivity index (χ1v) is 6.36. The molecule has 0 aromatic carbocycles. The molecule has 1 aliphatic carbocycles. The maximum Gasteiger partial charge on any atom is 0.229 e. The number of aromatic nitrogens is 2. The van der Waals surface area contributed by atoms with Crippen LogP contribution in [-0.4, -0.2) is 22.9 Å². The number of carbonyl (C=O) groups excluding carboxylic acids is 1. The molecule has 0 spiro atoms. The summed E-state index contributed by atoms with van der Waals surface area (Å²) in [6, 6.07) is 1.87. The third-order valence-electron chi connectivity index (χ3n) is 3.88. The van der Waals surface area contributed by atoms with E-state index in [9.17, 15) is 4.79 Å². The Kier molecular flexibility index (Phi) is 2.61. The van der Waals surface area contributed by atoms with Crippen LogP contribution in [0.4, 0.5) is 5.82 Å². The van der Waals surface area contributed by atoms with Gasteiger partial charge in [-0.25, -0.2) is 4.98 Å². The second-order valence-electron chi connectivity index (χ2n) is 4.98. The highest BCUT2D eigenvalue weighted by Crippen LogP contribution is 2.47.